The number of hydrogen-bond acceptors (Lipinski definition) is 5. The number of likely N-dealkylation sites (tertiary alicyclic amines) is 1. The normalized spacial score (nSPS) is 46.2. The number of carbonyl (C=O) groups is 1. The van der Waals surface area contributed by atoms with Gasteiger partial charge in [0.25, 0.3) is 0 Å². The molecule has 1 amide bonds. The van der Waals surface area contributed by atoms with Crippen molar-refractivity contribution < 1.29 is 18.3 Å². The fourth-order valence-electron chi connectivity index (χ4n) is 7.08. The smallest absolute Gasteiger partial charge is 0.237 e. The minimum absolute atomic E-state index is 0.0655. The van der Waals surface area contributed by atoms with E-state index in [2.05, 4.69) is 27.4 Å². The van der Waals surface area contributed by atoms with Gasteiger partial charge >= 0.3 is 0 Å². The van der Waals surface area contributed by atoms with Crippen LogP contribution in [-0.4, -0.2) is 97.7 Å². The van der Waals surface area contributed by atoms with Crippen molar-refractivity contribution >= 4 is 5.91 Å². The average Bonchev–Trinajstić information content (AvgIpc) is 3.45. The van der Waals surface area contributed by atoms with Crippen molar-refractivity contribution in [2.45, 2.75) is 94.4 Å². The van der Waals surface area contributed by atoms with Gasteiger partial charge in [0.05, 0.1) is 19.3 Å². The minimum atomic E-state index is -0.879. The predicted molar refractivity (Wildman–Crippen MR) is 119 cm³/mol. The van der Waals surface area contributed by atoms with Gasteiger partial charge in [-0.05, 0) is 50.9 Å². The van der Waals surface area contributed by atoms with Gasteiger partial charge in [-0.2, -0.15) is 0 Å². The summed E-state index contributed by atoms with van der Waals surface area (Å²) in [6, 6.07) is 0.323. The van der Waals surface area contributed by atoms with Crippen molar-refractivity contribution in [3.63, 3.8) is 0 Å². The average molecular weight is 455 g/mol. The molecule has 3 aliphatic heterocycles. The van der Waals surface area contributed by atoms with Gasteiger partial charge in [-0.25, -0.2) is 8.78 Å². The van der Waals surface area contributed by atoms with Crippen molar-refractivity contribution in [3.8, 4) is 0 Å². The SMILES string of the molecule is CC1CCC(F)C2CC(C(=O)NC3CC(F)CC(N4CC[C@@H](N5CCOCC5)C4)C3)NC12. The summed E-state index contributed by atoms with van der Waals surface area (Å²) in [5, 5.41) is 6.55. The van der Waals surface area contributed by atoms with E-state index in [9.17, 15) is 13.6 Å². The number of amides is 1. The third-order valence-electron chi connectivity index (χ3n) is 8.90. The lowest BCUT2D eigenvalue weighted by Crippen LogP contribution is -2.53. The molecule has 8 unspecified atom stereocenters. The van der Waals surface area contributed by atoms with Crippen molar-refractivity contribution in [1.29, 1.82) is 0 Å². The number of alkyl halides is 2. The molecular weight excluding hydrogens is 414 g/mol. The van der Waals surface area contributed by atoms with Crippen LogP contribution in [0.3, 0.4) is 0 Å². The largest absolute Gasteiger partial charge is 0.379 e. The van der Waals surface area contributed by atoms with Gasteiger partial charge < -0.3 is 15.4 Å². The van der Waals surface area contributed by atoms with Crippen LogP contribution in [0.1, 0.15) is 51.9 Å². The van der Waals surface area contributed by atoms with Gasteiger partial charge in [0.2, 0.25) is 5.91 Å². The van der Waals surface area contributed by atoms with Crippen LogP contribution in [0.2, 0.25) is 0 Å². The van der Waals surface area contributed by atoms with Crippen LogP contribution in [0.4, 0.5) is 8.78 Å². The molecule has 6 nitrogen and oxygen atoms in total. The van der Waals surface area contributed by atoms with Crippen LogP contribution in [0.25, 0.3) is 0 Å². The van der Waals surface area contributed by atoms with Crippen molar-refractivity contribution in [1.82, 2.24) is 20.4 Å². The standard InChI is InChI=1S/C24H40F2N4O2/c1-15-2-3-21(26)20-13-22(28-23(15)20)24(31)27-17-10-16(25)11-19(12-17)30-5-4-18(14-30)29-6-8-32-9-7-29/h15-23,28H,2-14H2,1H3,(H,27,31)/t15?,16?,17?,18-,19?,20?,21?,22?,23?/m1/s1. The Morgan fingerprint density at radius 1 is 0.969 bits per heavy atom. The fourth-order valence-corrected chi connectivity index (χ4v) is 7.08. The van der Waals surface area contributed by atoms with E-state index in [1.807, 2.05) is 0 Å². The van der Waals surface area contributed by atoms with Gasteiger partial charge in [0.15, 0.2) is 0 Å². The first-order valence-electron chi connectivity index (χ1n) is 12.9. The number of fused-ring (bicyclic) bond motifs is 1. The van der Waals surface area contributed by atoms with Gasteiger partial charge in [0, 0.05) is 56.3 Å². The Bertz CT molecular complexity index is 646. The quantitative estimate of drug-likeness (QED) is 0.680. The number of hydrogen-bond donors (Lipinski definition) is 2. The Morgan fingerprint density at radius 3 is 2.56 bits per heavy atom. The summed E-state index contributed by atoms with van der Waals surface area (Å²) in [7, 11) is 0. The highest BCUT2D eigenvalue weighted by atomic mass is 19.1. The number of morpholine rings is 1. The molecule has 182 valence electrons. The number of nitrogens with one attached hydrogen (secondary N) is 2. The maximum absolute atomic E-state index is 14.7. The molecule has 3 saturated heterocycles. The van der Waals surface area contributed by atoms with E-state index in [1.54, 1.807) is 0 Å². The molecule has 5 aliphatic rings. The summed E-state index contributed by atoms with van der Waals surface area (Å²) in [6.45, 7) is 7.73. The fraction of sp³-hybridized carbons (Fsp3) is 0.958. The van der Waals surface area contributed by atoms with Crippen LogP contribution in [0.5, 0.6) is 0 Å². The van der Waals surface area contributed by atoms with Crippen LogP contribution < -0.4 is 10.6 Å². The topological polar surface area (TPSA) is 56.8 Å². The molecule has 0 radical (unpaired) electrons. The molecule has 0 aromatic heterocycles. The molecule has 2 saturated carbocycles. The van der Waals surface area contributed by atoms with Crippen molar-refractivity contribution in [2.75, 3.05) is 39.4 Å². The second-order valence-electron chi connectivity index (χ2n) is 11.0. The zero-order chi connectivity index (χ0) is 22.2. The van der Waals surface area contributed by atoms with E-state index < -0.39 is 12.3 Å². The summed E-state index contributed by atoms with van der Waals surface area (Å²) in [5.74, 6) is 0.266. The van der Waals surface area contributed by atoms with E-state index in [4.69, 9.17) is 4.74 Å². The summed E-state index contributed by atoms with van der Waals surface area (Å²) >= 11 is 0. The molecule has 32 heavy (non-hydrogen) atoms. The van der Waals surface area contributed by atoms with Gasteiger partial charge in [0.1, 0.15) is 12.3 Å². The maximum atomic E-state index is 14.7. The molecule has 8 heteroatoms. The number of ether oxygens (including phenoxy) is 1. The second kappa shape index (κ2) is 9.80. The van der Waals surface area contributed by atoms with E-state index in [0.717, 1.165) is 58.7 Å². The summed E-state index contributed by atoms with van der Waals surface area (Å²) < 4.78 is 34.6. The Balaban J connectivity index is 1.14. The van der Waals surface area contributed by atoms with Crippen molar-refractivity contribution in [2.24, 2.45) is 11.8 Å². The van der Waals surface area contributed by atoms with Crippen LogP contribution in [0, 0.1) is 11.8 Å². The molecule has 2 N–H and O–H groups in total. The number of carbonyl (C=O) groups excluding carboxylic acids is 1. The third kappa shape index (κ3) is 4.84. The summed E-state index contributed by atoms with van der Waals surface area (Å²) in [4.78, 5) is 18.0. The van der Waals surface area contributed by atoms with E-state index in [0.29, 0.717) is 37.6 Å². The summed E-state index contributed by atoms with van der Waals surface area (Å²) in [5.41, 5.74) is 0. The lowest BCUT2D eigenvalue weighted by Gasteiger charge is -2.38. The highest BCUT2D eigenvalue weighted by Crippen LogP contribution is 2.39. The van der Waals surface area contributed by atoms with E-state index in [-0.39, 0.29) is 36.0 Å². The maximum Gasteiger partial charge on any atom is 0.237 e. The molecule has 9 atom stereocenters. The monoisotopic (exact) mass is 454 g/mol. The number of nitrogens with zero attached hydrogens (tertiary/aromatic N) is 2. The summed E-state index contributed by atoms with van der Waals surface area (Å²) in [6.07, 6.45) is 3.24. The molecular formula is C24H40F2N4O2. The van der Waals surface area contributed by atoms with Gasteiger partial charge in [-0.1, -0.05) is 6.92 Å². The number of halogens is 2. The first-order chi connectivity index (χ1) is 15.5. The van der Waals surface area contributed by atoms with Crippen LogP contribution in [-0.2, 0) is 9.53 Å². The Labute approximate surface area is 190 Å². The molecule has 0 bridgehead atoms. The zero-order valence-electron chi connectivity index (χ0n) is 19.4. The highest BCUT2D eigenvalue weighted by Gasteiger charge is 2.47. The second-order valence-corrected chi connectivity index (χ2v) is 11.0. The van der Waals surface area contributed by atoms with Gasteiger partial charge in [-0.15, -0.1) is 0 Å². The Kier molecular flexibility index (Phi) is 7.03. The van der Waals surface area contributed by atoms with Gasteiger partial charge in [-0.3, -0.25) is 14.6 Å². The Morgan fingerprint density at radius 2 is 1.78 bits per heavy atom. The zero-order valence-corrected chi connectivity index (χ0v) is 19.4. The minimum Gasteiger partial charge on any atom is -0.379 e. The lowest BCUT2D eigenvalue weighted by atomic mass is 9.77. The first kappa shape index (κ1) is 22.9. The van der Waals surface area contributed by atoms with Crippen LogP contribution >= 0.6 is 0 Å². The first-order valence-corrected chi connectivity index (χ1v) is 12.9. The lowest BCUT2D eigenvalue weighted by molar-refractivity contribution is -0.124. The Hall–Kier alpha value is -0.830. The predicted octanol–water partition coefficient (Wildman–Crippen LogP) is 1.88. The molecule has 0 aromatic rings. The van der Waals surface area contributed by atoms with Crippen LogP contribution in [0.15, 0.2) is 0 Å². The van der Waals surface area contributed by atoms with E-state index in [1.165, 1.54) is 0 Å². The number of rotatable bonds is 4. The molecule has 0 aromatic carbocycles. The molecule has 5 fully saturated rings. The van der Waals surface area contributed by atoms with E-state index >= 15 is 0 Å². The highest BCUT2D eigenvalue weighted by molar-refractivity contribution is 5.82. The molecule has 2 aliphatic carbocycles. The third-order valence-corrected chi connectivity index (χ3v) is 8.90. The molecule has 5 rings (SSSR count). The molecule has 3 heterocycles. The molecule has 0 spiro atoms. The van der Waals surface area contributed by atoms with Crippen molar-refractivity contribution in [3.05, 3.63) is 0 Å².